The van der Waals surface area contributed by atoms with E-state index in [1.807, 2.05) is 0 Å². The maximum Gasteiger partial charge on any atom is 0.410 e. The summed E-state index contributed by atoms with van der Waals surface area (Å²) >= 11 is 0. The molecule has 1 aliphatic heterocycles. The van der Waals surface area contributed by atoms with E-state index in [0.29, 0.717) is 13.0 Å². The first-order valence-electron chi connectivity index (χ1n) is 5.52. The van der Waals surface area contributed by atoms with Crippen molar-refractivity contribution < 1.29 is 19.0 Å². The molecule has 1 heterocycles. The van der Waals surface area contributed by atoms with Crippen LogP contribution >= 0.6 is 0 Å². The Kier molecular flexibility index (Phi) is 3.58. The minimum Gasteiger partial charge on any atom is -0.449 e. The van der Waals surface area contributed by atoms with Crippen molar-refractivity contribution >= 4 is 6.09 Å². The van der Waals surface area contributed by atoms with Crippen molar-refractivity contribution in [3.8, 4) is 0 Å². The fourth-order valence-corrected chi connectivity index (χ4v) is 2.01. The average molecular weight is 239 g/mol. The molecule has 0 radical (unpaired) electrons. The second-order valence-corrected chi connectivity index (χ2v) is 3.89. The van der Waals surface area contributed by atoms with Gasteiger partial charge in [-0.1, -0.05) is 12.1 Å². The van der Waals surface area contributed by atoms with Crippen molar-refractivity contribution in [2.45, 2.75) is 12.5 Å². The number of halogens is 1. The fraction of sp³-hybridized carbons (Fsp3) is 0.417. The third-order valence-corrected chi connectivity index (χ3v) is 2.82. The minimum atomic E-state index is -0.431. The zero-order chi connectivity index (χ0) is 12.3. The molecule has 1 N–H and O–H groups in total. The van der Waals surface area contributed by atoms with Crippen molar-refractivity contribution in [3.05, 3.63) is 35.6 Å². The van der Waals surface area contributed by atoms with Gasteiger partial charge in [0.15, 0.2) is 0 Å². The van der Waals surface area contributed by atoms with Crippen LogP contribution in [0.1, 0.15) is 18.0 Å². The number of aliphatic hydroxyl groups excluding tert-OH is 1. The summed E-state index contributed by atoms with van der Waals surface area (Å²) in [5, 5.41) is 8.94. The third kappa shape index (κ3) is 2.55. The quantitative estimate of drug-likeness (QED) is 0.873. The molecule has 1 aromatic rings. The molecule has 0 spiro atoms. The van der Waals surface area contributed by atoms with Crippen LogP contribution in [0, 0.1) is 5.82 Å². The Morgan fingerprint density at radius 2 is 2.12 bits per heavy atom. The zero-order valence-electron chi connectivity index (χ0n) is 9.30. The normalized spacial score (nSPS) is 20.2. The van der Waals surface area contributed by atoms with E-state index >= 15 is 0 Å². The van der Waals surface area contributed by atoms with Crippen LogP contribution in [0.4, 0.5) is 9.18 Å². The number of hydrogen-bond donors (Lipinski definition) is 1. The molecule has 2 rings (SSSR count). The van der Waals surface area contributed by atoms with E-state index in [4.69, 9.17) is 9.84 Å². The second kappa shape index (κ2) is 5.14. The van der Waals surface area contributed by atoms with Gasteiger partial charge >= 0.3 is 6.09 Å². The summed E-state index contributed by atoms with van der Waals surface area (Å²) in [6.45, 7) is 0.455. The molecule has 0 bridgehead atoms. The summed E-state index contributed by atoms with van der Waals surface area (Å²) in [5.41, 5.74) is 0.858. The molecule has 1 aliphatic rings. The van der Waals surface area contributed by atoms with Gasteiger partial charge in [-0.25, -0.2) is 9.18 Å². The fourth-order valence-electron chi connectivity index (χ4n) is 2.01. The van der Waals surface area contributed by atoms with Crippen LogP contribution in [-0.2, 0) is 4.74 Å². The number of β-amino-alcohol motifs (C(OH)–C–C–N with tert-alkyl or cyclic N) is 1. The Balaban J connectivity index is 2.21. The molecule has 5 heteroatoms. The standard InChI is InChI=1S/C12H14FNO3/c13-10-3-1-9(2-4-10)11-5-8-17-12(16)14(11)6-7-15/h1-4,11,15H,5-8H2. The first-order chi connectivity index (χ1) is 8.22. The van der Waals surface area contributed by atoms with E-state index < -0.39 is 6.09 Å². The Hall–Kier alpha value is -1.62. The molecule has 1 atom stereocenters. The van der Waals surface area contributed by atoms with Crippen molar-refractivity contribution in [1.82, 2.24) is 4.90 Å². The number of cyclic esters (lactones) is 1. The van der Waals surface area contributed by atoms with E-state index in [1.165, 1.54) is 17.0 Å². The number of carbonyl (C=O) groups excluding carboxylic acids is 1. The van der Waals surface area contributed by atoms with Crippen molar-refractivity contribution in [1.29, 1.82) is 0 Å². The Morgan fingerprint density at radius 1 is 1.41 bits per heavy atom. The molecule has 92 valence electrons. The van der Waals surface area contributed by atoms with E-state index in [0.717, 1.165) is 5.56 Å². The van der Waals surface area contributed by atoms with Crippen molar-refractivity contribution in [2.75, 3.05) is 19.8 Å². The van der Waals surface area contributed by atoms with Gasteiger partial charge in [0.2, 0.25) is 0 Å². The predicted octanol–water partition coefficient (Wildman–Crippen LogP) is 1.70. The van der Waals surface area contributed by atoms with Crippen molar-refractivity contribution in [3.63, 3.8) is 0 Å². The molecule has 1 fully saturated rings. The number of aliphatic hydroxyl groups is 1. The molecule has 17 heavy (non-hydrogen) atoms. The maximum atomic E-state index is 12.8. The topological polar surface area (TPSA) is 49.8 Å². The van der Waals surface area contributed by atoms with Crippen LogP contribution in [0.3, 0.4) is 0 Å². The molecule has 0 aliphatic carbocycles. The summed E-state index contributed by atoms with van der Waals surface area (Å²) in [7, 11) is 0. The highest BCUT2D eigenvalue weighted by Crippen LogP contribution is 2.28. The predicted molar refractivity (Wildman–Crippen MR) is 58.9 cm³/mol. The summed E-state index contributed by atoms with van der Waals surface area (Å²) in [5.74, 6) is -0.305. The van der Waals surface area contributed by atoms with E-state index in [2.05, 4.69) is 0 Å². The lowest BCUT2D eigenvalue weighted by Gasteiger charge is -2.34. The number of amides is 1. The molecule has 0 aromatic heterocycles. The molecule has 1 aromatic carbocycles. The number of benzene rings is 1. The second-order valence-electron chi connectivity index (χ2n) is 3.89. The average Bonchev–Trinajstić information content (AvgIpc) is 2.33. The first-order valence-corrected chi connectivity index (χ1v) is 5.52. The SMILES string of the molecule is O=C1OCCC(c2ccc(F)cc2)N1CCO. The van der Waals surface area contributed by atoms with Crippen LogP contribution in [0.25, 0.3) is 0 Å². The summed E-state index contributed by atoms with van der Waals surface area (Å²) in [6.07, 6.45) is 0.219. The zero-order valence-corrected chi connectivity index (χ0v) is 9.30. The van der Waals surface area contributed by atoms with Gasteiger partial charge < -0.3 is 9.84 Å². The van der Waals surface area contributed by atoms with Gasteiger partial charge in [-0.3, -0.25) is 4.90 Å². The van der Waals surface area contributed by atoms with Crippen LogP contribution in [-0.4, -0.2) is 35.9 Å². The lowest BCUT2D eigenvalue weighted by molar-refractivity contribution is 0.0361. The smallest absolute Gasteiger partial charge is 0.410 e. The van der Waals surface area contributed by atoms with Gasteiger partial charge in [0.05, 0.1) is 19.3 Å². The van der Waals surface area contributed by atoms with Crippen LogP contribution in [0.2, 0.25) is 0 Å². The number of nitrogens with zero attached hydrogens (tertiary/aromatic N) is 1. The maximum absolute atomic E-state index is 12.8. The summed E-state index contributed by atoms with van der Waals surface area (Å²) in [4.78, 5) is 13.0. The molecule has 4 nitrogen and oxygen atoms in total. The summed E-state index contributed by atoms with van der Waals surface area (Å²) in [6, 6.07) is 5.90. The van der Waals surface area contributed by atoms with Crippen LogP contribution in [0.5, 0.6) is 0 Å². The van der Waals surface area contributed by atoms with Crippen LogP contribution in [0.15, 0.2) is 24.3 Å². The molecular formula is C12H14FNO3. The highest BCUT2D eigenvalue weighted by atomic mass is 19.1. The van der Waals surface area contributed by atoms with Gasteiger partial charge in [-0.05, 0) is 17.7 Å². The van der Waals surface area contributed by atoms with E-state index in [9.17, 15) is 9.18 Å². The first kappa shape index (κ1) is 11.9. The van der Waals surface area contributed by atoms with Gasteiger partial charge in [0, 0.05) is 13.0 Å². The monoisotopic (exact) mass is 239 g/mol. The molecule has 1 saturated heterocycles. The number of hydrogen-bond acceptors (Lipinski definition) is 3. The lowest BCUT2D eigenvalue weighted by atomic mass is 10.0. The lowest BCUT2D eigenvalue weighted by Crippen LogP contribution is -2.41. The Bertz CT molecular complexity index is 393. The van der Waals surface area contributed by atoms with E-state index in [1.54, 1.807) is 12.1 Å². The number of carbonyl (C=O) groups is 1. The molecule has 0 saturated carbocycles. The summed E-state index contributed by atoms with van der Waals surface area (Å²) < 4.78 is 17.8. The highest BCUT2D eigenvalue weighted by Gasteiger charge is 2.30. The molecule has 1 amide bonds. The van der Waals surface area contributed by atoms with Crippen LogP contribution < -0.4 is 0 Å². The number of rotatable bonds is 3. The third-order valence-electron chi connectivity index (χ3n) is 2.82. The van der Waals surface area contributed by atoms with Gasteiger partial charge in [0.1, 0.15) is 5.82 Å². The van der Waals surface area contributed by atoms with Crippen molar-refractivity contribution in [2.24, 2.45) is 0 Å². The highest BCUT2D eigenvalue weighted by molar-refractivity contribution is 5.69. The van der Waals surface area contributed by atoms with Gasteiger partial charge in [-0.2, -0.15) is 0 Å². The molecule has 1 unspecified atom stereocenters. The largest absolute Gasteiger partial charge is 0.449 e. The molecular weight excluding hydrogens is 225 g/mol. The van der Waals surface area contributed by atoms with Gasteiger partial charge in [0.25, 0.3) is 0 Å². The minimum absolute atomic E-state index is 0.118. The Labute approximate surface area is 98.6 Å². The van der Waals surface area contributed by atoms with Gasteiger partial charge in [-0.15, -0.1) is 0 Å². The Morgan fingerprint density at radius 3 is 2.76 bits per heavy atom. The van der Waals surface area contributed by atoms with E-state index in [-0.39, 0.29) is 25.0 Å². The number of ether oxygens (including phenoxy) is 1.